The van der Waals surface area contributed by atoms with Gasteiger partial charge >= 0.3 is 5.97 Å². The van der Waals surface area contributed by atoms with Gasteiger partial charge in [-0.15, -0.1) is 0 Å². The quantitative estimate of drug-likeness (QED) is 0.101. The lowest BCUT2D eigenvalue weighted by atomic mass is 10.0. The van der Waals surface area contributed by atoms with Crippen LogP contribution in [-0.2, 0) is 0 Å². The average Bonchev–Trinajstić information content (AvgIpc) is 2.86. The number of ether oxygens (including phenoxy) is 3. The normalized spacial score (nSPS) is 12.0. The van der Waals surface area contributed by atoms with Crippen LogP contribution in [0.2, 0.25) is 0 Å². The molecule has 2 aromatic carbocycles. The van der Waals surface area contributed by atoms with Gasteiger partial charge in [0.1, 0.15) is 17.2 Å². The largest absolute Gasteiger partial charge is 0.494 e. The van der Waals surface area contributed by atoms with Crippen molar-refractivity contribution in [1.82, 2.24) is 0 Å². The summed E-state index contributed by atoms with van der Waals surface area (Å²) in [5, 5.41) is 0. The van der Waals surface area contributed by atoms with E-state index in [1.54, 1.807) is 42.7 Å². The Kier molecular flexibility index (Phi) is 13.6. The van der Waals surface area contributed by atoms with Crippen molar-refractivity contribution in [3.05, 3.63) is 66.4 Å². The molecular formula is C30H42O4. The van der Waals surface area contributed by atoms with E-state index in [1.807, 2.05) is 18.2 Å². The molecule has 0 N–H and O–H groups in total. The highest BCUT2D eigenvalue weighted by molar-refractivity contribution is 5.91. The molecule has 186 valence electrons. The summed E-state index contributed by atoms with van der Waals surface area (Å²) in [6, 6.07) is 14.2. The fourth-order valence-electron chi connectivity index (χ4n) is 3.49. The van der Waals surface area contributed by atoms with Crippen LogP contribution < -0.4 is 14.2 Å². The summed E-state index contributed by atoms with van der Waals surface area (Å²) in [5.41, 5.74) is 0.480. The third kappa shape index (κ3) is 11.4. The summed E-state index contributed by atoms with van der Waals surface area (Å²) in [6.45, 7) is 7.48. The zero-order valence-corrected chi connectivity index (χ0v) is 21.3. The zero-order chi connectivity index (χ0) is 24.4. The van der Waals surface area contributed by atoms with Crippen LogP contribution in [0, 0.1) is 5.92 Å². The van der Waals surface area contributed by atoms with Gasteiger partial charge in [-0.1, -0.05) is 65.7 Å². The number of esters is 1. The number of hydrogen-bond acceptors (Lipinski definition) is 4. The van der Waals surface area contributed by atoms with E-state index in [-0.39, 0.29) is 0 Å². The topological polar surface area (TPSA) is 44.8 Å². The summed E-state index contributed by atoms with van der Waals surface area (Å²) >= 11 is 0. The molecule has 0 spiro atoms. The van der Waals surface area contributed by atoms with Crippen LogP contribution in [0.4, 0.5) is 0 Å². The third-order valence-electron chi connectivity index (χ3n) is 5.96. The lowest BCUT2D eigenvalue weighted by molar-refractivity contribution is 0.0734. The number of unbranched alkanes of at least 4 members (excludes halogenated alkanes) is 6. The van der Waals surface area contributed by atoms with Crippen LogP contribution in [0.3, 0.4) is 0 Å². The highest BCUT2D eigenvalue weighted by atomic mass is 16.5. The highest BCUT2D eigenvalue weighted by Gasteiger charge is 2.09. The third-order valence-corrected chi connectivity index (χ3v) is 5.96. The molecule has 0 saturated heterocycles. The van der Waals surface area contributed by atoms with Crippen molar-refractivity contribution in [2.24, 2.45) is 5.92 Å². The second-order valence-electron chi connectivity index (χ2n) is 8.94. The van der Waals surface area contributed by atoms with E-state index in [9.17, 15) is 4.79 Å². The maximum Gasteiger partial charge on any atom is 0.343 e. The van der Waals surface area contributed by atoms with E-state index in [1.165, 1.54) is 51.4 Å². The van der Waals surface area contributed by atoms with Gasteiger partial charge in [0.05, 0.1) is 18.4 Å². The Hall–Kier alpha value is -2.75. The molecular weight excluding hydrogens is 424 g/mol. The van der Waals surface area contributed by atoms with E-state index in [0.717, 1.165) is 24.5 Å². The van der Waals surface area contributed by atoms with Crippen LogP contribution >= 0.6 is 0 Å². The van der Waals surface area contributed by atoms with Crippen molar-refractivity contribution in [3.8, 4) is 17.2 Å². The molecule has 34 heavy (non-hydrogen) atoms. The summed E-state index contributed by atoms with van der Waals surface area (Å²) in [4.78, 5) is 12.4. The van der Waals surface area contributed by atoms with Gasteiger partial charge in [0.15, 0.2) is 0 Å². The Morgan fingerprint density at radius 3 is 2.21 bits per heavy atom. The molecule has 2 rings (SSSR count). The second-order valence-corrected chi connectivity index (χ2v) is 8.94. The van der Waals surface area contributed by atoms with E-state index in [2.05, 4.69) is 20.8 Å². The number of carbonyl (C=O) groups is 1. The first kappa shape index (κ1) is 27.5. The molecule has 0 aliphatic carbocycles. The molecule has 0 amide bonds. The van der Waals surface area contributed by atoms with Crippen molar-refractivity contribution >= 4 is 5.97 Å². The Morgan fingerprint density at radius 1 is 0.824 bits per heavy atom. The van der Waals surface area contributed by atoms with Gasteiger partial charge in [0.2, 0.25) is 0 Å². The summed E-state index contributed by atoms with van der Waals surface area (Å²) in [7, 11) is 0. The standard InChI is InChI=1S/C30H42O4/c1-4-6-7-8-9-12-23-32-27-17-15-26(16-18-27)30(31)34-29-21-19-28(20-22-29)33-24-13-10-11-14-25(3)5-2/h12,15-23,25H,4-11,13-14,24H2,1-3H3/b23-12+/t25-/m0/s1. The summed E-state index contributed by atoms with van der Waals surface area (Å²) in [6.07, 6.45) is 15.8. The predicted octanol–water partition coefficient (Wildman–Crippen LogP) is 8.75. The van der Waals surface area contributed by atoms with Gasteiger partial charge in [-0.25, -0.2) is 4.79 Å². The smallest absolute Gasteiger partial charge is 0.343 e. The molecule has 0 aliphatic heterocycles. The van der Waals surface area contributed by atoms with Crippen molar-refractivity contribution in [1.29, 1.82) is 0 Å². The van der Waals surface area contributed by atoms with E-state index >= 15 is 0 Å². The minimum atomic E-state index is -0.395. The molecule has 1 atom stereocenters. The van der Waals surface area contributed by atoms with Gasteiger partial charge in [0.25, 0.3) is 0 Å². The van der Waals surface area contributed by atoms with Crippen LogP contribution in [0.15, 0.2) is 60.9 Å². The van der Waals surface area contributed by atoms with E-state index in [0.29, 0.717) is 23.7 Å². The monoisotopic (exact) mass is 466 g/mol. The zero-order valence-electron chi connectivity index (χ0n) is 21.3. The molecule has 0 heterocycles. The second kappa shape index (κ2) is 16.8. The Labute approximate surface area is 206 Å². The fourth-order valence-corrected chi connectivity index (χ4v) is 3.49. The molecule has 0 saturated carbocycles. The van der Waals surface area contributed by atoms with Crippen LogP contribution in [-0.4, -0.2) is 12.6 Å². The molecule has 0 aromatic heterocycles. The highest BCUT2D eigenvalue weighted by Crippen LogP contribution is 2.20. The molecule has 0 fully saturated rings. The molecule has 4 nitrogen and oxygen atoms in total. The van der Waals surface area contributed by atoms with Crippen LogP contribution in [0.5, 0.6) is 17.2 Å². The van der Waals surface area contributed by atoms with E-state index < -0.39 is 5.97 Å². The van der Waals surface area contributed by atoms with Crippen LogP contribution in [0.25, 0.3) is 0 Å². The molecule has 4 heteroatoms. The first-order chi connectivity index (χ1) is 16.6. The molecule has 0 bridgehead atoms. The molecule has 2 aromatic rings. The van der Waals surface area contributed by atoms with Crippen molar-refractivity contribution in [2.45, 2.75) is 85.0 Å². The van der Waals surface area contributed by atoms with E-state index in [4.69, 9.17) is 14.2 Å². The predicted molar refractivity (Wildman–Crippen MR) is 140 cm³/mol. The number of carbonyl (C=O) groups excluding carboxylic acids is 1. The average molecular weight is 467 g/mol. The Morgan fingerprint density at radius 2 is 1.50 bits per heavy atom. The van der Waals surface area contributed by atoms with Crippen molar-refractivity contribution in [3.63, 3.8) is 0 Å². The summed E-state index contributed by atoms with van der Waals surface area (Å²) in [5.74, 6) is 2.41. The molecule has 0 aliphatic rings. The van der Waals surface area contributed by atoms with Gasteiger partial charge in [0, 0.05) is 0 Å². The van der Waals surface area contributed by atoms with Gasteiger partial charge in [-0.05, 0) is 79.8 Å². The van der Waals surface area contributed by atoms with Gasteiger partial charge in [-0.3, -0.25) is 0 Å². The fraction of sp³-hybridized carbons (Fsp3) is 0.500. The Bertz CT molecular complexity index is 824. The maximum absolute atomic E-state index is 12.4. The lowest BCUT2D eigenvalue weighted by Gasteiger charge is -2.09. The Balaban J connectivity index is 1.68. The lowest BCUT2D eigenvalue weighted by Crippen LogP contribution is -2.08. The maximum atomic E-state index is 12.4. The van der Waals surface area contributed by atoms with Gasteiger partial charge < -0.3 is 14.2 Å². The minimum Gasteiger partial charge on any atom is -0.494 e. The number of hydrogen-bond donors (Lipinski definition) is 0. The van der Waals surface area contributed by atoms with Crippen molar-refractivity contribution in [2.75, 3.05) is 6.61 Å². The SMILES string of the molecule is CCCCCC/C=C/Oc1ccc(C(=O)Oc2ccc(OCCCCC[C@@H](C)CC)cc2)cc1. The first-order valence-corrected chi connectivity index (χ1v) is 13.0. The number of benzene rings is 2. The number of rotatable bonds is 17. The summed E-state index contributed by atoms with van der Waals surface area (Å²) < 4.78 is 16.9. The van der Waals surface area contributed by atoms with Crippen molar-refractivity contribution < 1.29 is 19.0 Å². The molecule has 0 unspecified atom stereocenters. The van der Waals surface area contributed by atoms with Crippen LogP contribution in [0.1, 0.15) is 95.3 Å². The minimum absolute atomic E-state index is 0.395. The number of allylic oxidation sites excluding steroid dienone is 1. The molecule has 0 radical (unpaired) electrons. The van der Waals surface area contributed by atoms with Gasteiger partial charge in [-0.2, -0.15) is 0 Å². The first-order valence-electron chi connectivity index (χ1n) is 13.0.